The quantitative estimate of drug-likeness (QED) is 0.775. The number of nitrogens with zero attached hydrogens (tertiary/aromatic N) is 2. The van der Waals surface area contributed by atoms with Crippen LogP contribution in [0.2, 0.25) is 5.02 Å². The van der Waals surface area contributed by atoms with Crippen LogP contribution in [0, 0.1) is 0 Å². The highest BCUT2D eigenvalue weighted by Gasteiger charge is 2.27. The minimum Gasteiger partial charge on any atom is -0.390 e. The largest absolute Gasteiger partial charge is 0.390 e. The third-order valence-electron chi connectivity index (χ3n) is 4.21. The Morgan fingerprint density at radius 1 is 1.20 bits per heavy atom. The van der Waals surface area contributed by atoms with Crippen LogP contribution in [-0.4, -0.2) is 29.2 Å². The van der Waals surface area contributed by atoms with Crippen molar-refractivity contribution in [1.29, 1.82) is 0 Å². The predicted molar refractivity (Wildman–Crippen MR) is 99.6 cm³/mol. The number of carbonyl (C=O) groups is 1. The summed E-state index contributed by atoms with van der Waals surface area (Å²) in [5, 5.41) is 4.85. The molecule has 0 saturated carbocycles. The van der Waals surface area contributed by atoms with Gasteiger partial charge in [0.25, 0.3) is 0 Å². The van der Waals surface area contributed by atoms with E-state index in [9.17, 15) is 4.79 Å². The fourth-order valence-electron chi connectivity index (χ4n) is 2.91. The molecule has 0 radical (unpaired) electrons. The highest BCUT2D eigenvalue weighted by molar-refractivity contribution is 6.34. The van der Waals surface area contributed by atoms with Crippen molar-refractivity contribution in [2.45, 2.75) is 32.4 Å². The van der Waals surface area contributed by atoms with E-state index in [4.69, 9.17) is 16.4 Å². The molecule has 4 nitrogen and oxygen atoms in total. The molecule has 25 heavy (non-hydrogen) atoms. The lowest BCUT2D eigenvalue weighted by Crippen LogP contribution is -2.36. The monoisotopic (exact) mass is 356 g/mol. The highest BCUT2D eigenvalue weighted by atomic mass is 35.5. The summed E-state index contributed by atoms with van der Waals surface area (Å²) in [6, 6.07) is 17.6. The predicted octanol–water partition coefficient (Wildman–Crippen LogP) is 4.27. The number of benzene rings is 2. The fourth-order valence-corrected chi connectivity index (χ4v) is 3.15. The molecule has 1 aliphatic rings. The maximum Gasteiger partial charge on any atom is 0.222 e. The van der Waals surface area contributed by atoms with Gasteiger partial charge in [-0.2, -0.15) is 0 Å². The molecular weight excluding hydrogens is 336 g/mol. The topological polar surface area (TPSA) is 41.9 Å². The van der Waals surface area contributed by atoms with Gasteiger partial charge in [0, 0.05) is 30.0 Å². The van der Waals surface area contributed by atoms with Crippen LogP contribution in [0.25, 0.3) is 0 Å². The van der Waals surface area contributed by atoms with Crippen molar-refractivity contribution in [2.24, 2.45) is 5.16 Å². The van der Waals surface area contributed by atoms with Crippen molar-refractivity contribution < 1.29 is 9.63 Å². The summed E-state index contributed by atoms with van der Waals surface area (Å²) >= 11 is 6.24. The van der Waals surface area contributed by atoms with Crippen molar-refractivity contribution in [3.8, 4) is 0 Å². The highest BCUT2D eigenvalue weighted by Crippen LogP contribution is 2.23. The average molecular weight is 357 g/mol. The summed E-state index contributed by atoms with van der Waals surface area (Å²) in [4.78, 5) is 19.7. The smallest absolute Gasteiger partial charge is 0.222 e. The minimum atomic E-state index is -0.148. The second kappa shape index (κ2) is 8.17. The number of rotatable bonds is 6. The second-order valence-electron chi connectivity index (χ2n) is 6.06. The second-order valence-corrected chi connectivity index (χ2v) is 6.47. The lowest BCUT2D eigenvalue weighted by atomic mass is 10.0. The van der Waals surface area contributed by atoms with E-state index in [1.807, 2.05) is 66.4 Å². The van der Waals surface area contributed by atoms with Crippen LogP contribution >= 0.6 is 11.6 Å². The van der Waals surface area contributed by atoms with Gasteiger partial charge in [-0.05, 0) is 11.6 Å². The molecule has 0 N–H and O–H groups in total. The number of hydrogen-bond acceptors (Lipinski definition) is 3. The number of halogens is 1. The van der Waals surface area contributed by atoms with Gasteiger partial charge in [0.15, 0.2) is 6.10 Å². The number of amides is 1. The Balaban J connectivity index is 1.66. The van der Waals surface area contributed by atoms with E-state index < -0.39 is 0 Å². The Kier molecular flexibility index (Phi) is 5.71. The lowest BCUT2D eigenvalue weighted by molar-refractivity contribution is -0.133. The van der Waals surface area contributed by atoms with E-state index in [2.05, 4.69) is 5.16 Å². The SMILES string of the molecule is CCC(=O)N(Cc1ccccc1)C[C@@H]1CC(c2ccccc2Cl)=NO1. The van der Waals surface area contributed by atoms with E-state index in [1.165, 1.54) is 0 Å². The Morgan fingerprint density at radius 3 is 2.64 bits per heavy atom. The normalized spacial score (nSPS) is 16.2. The summed E-state index contributed by atoms with van der Waals surface area (Å²) in [5.74, 6) is 0.110. The van der Waals surface area contributed by atoms with Crippen molar-refractivity contribution in [1.82, 2.24) is 4.90 Å². The molecule has 0 fully saturated rings. The molecule has 0 saturated heterocycles. The summed E-state index contributed by atoms with van der Waals surface area (Å²) in [5.41, 5.74) is 2.83. The van der Waals surface area contributed by atoms with E-state index in [-0.39, 0.29) is 12.0 Å². The molecule has 0 aliphatic carbocycles. The molecule has 2 aromatic carbocycles. The van der Waals surface area contributed by atoms with Crippen molar-refractivity contribution in [2.75, 3.05) is 6.54 Å². The first kappa shape index (κ1) is 17.5. The van der Waals surface area contributed by atoms with E-state index in [0.29, 0.717) is 31.0 Å². The molecule has 2 aromatic rings. The van der Waals surface area contributed by atoms with Gasteiger partial charge < -0.3 is 9.74 Å². The fraction of sp³-hybridized carbons (Fsp3) is 0.300. The van der Waals surface area contributed by atoms with Crippen LogP contribution < -0.4 is 0 Å². The van der Waals surface area contributed by atoms with Gasteiger partial charge in [0.05, 0.1) is 12.3 Å². The molecule has 1 aliphatic heterocycles. The standard InChI is InChI=1S/C20H21ClN2O2/c1-2-20(24)23(13-15-8-4-3-5-9-15)14-16-12-19(22-25-16)17-10-6-7-11-18(17)21/h3-11,16H,2,12-14H2,1H3/t16-/m0/s1. The zero-order valence-corrected chi connectivity index (χ0v) is 14.9. The molecule has 1 amide bonds. The summed E-state index contributed by atoms with van der Waals surface area (Å²) in [6.07, 6.45) is 0.967. The number of hydrogen-bond donors (Lipinski definition) is 0. The third-order valence-corrected chi connectivity index (χ3v) is 4.54. The van der Waals surface area contributed by atoms with E-state index in [1.54, 1.807) is 0 Å². The van der Waals surface area contributed by atoms with Crippen LogP contribution in [0.4, 0.5) is 0 Å². The van der Waals surface area contributed by atoms with Crippen LogP contribution in [0.5, 0.6) is 0 Å². The first-order chi connectivity index (χ1) is 12.2. The van der Waals surface area contributed by atoms with Crippen LogP contribution in [0.15, 0.2) is 59.8 Å². The van der Waals surface area contributed by atoms with Crippen LogP contribution in [0.3, 0.4) is 0 Å². The van der Waals surface area contributed by atoms with Gasteiger partial charge >= 0.3 is 0 Å². The molecule has 3 rings (SSSR count). The minimum absolute atomic E-state index is 0.110. The lowest BCUT2D eigenvalue weighted by Gasteiger charge is -2.24. The Bertz CT molecular complexity index is 761. The van der Waals surface area contributed by atoms with Gasteiger partial charge in [-0.3, -0.25) is 4.79 Å². The summed E-state index contributed by atoms with van der Waals surface area (Å²) in [6.45, 7) is 2.97. The van der Waals surface area contributed by atoms with Crippen molar-refractivity contribution in [3.63, 3.8) is 0 Å². The maximum absolute atomic E-state index is 12.3. The Labute approximate surface area is 153 Å². The molecule has 0 aromatic heterocycles. The zero-order chi connectivity index (χ0) is 17.6. The molecule has 1 heterocycles. The van der Waals surface area contributed by atoms with Crippen molar-refractivity contribution >= 4 is 23.2 Å². The maximum atomic E-state index is 12.3. The van der Waals surface area contributed by atoms with Gasteiger partial charge in [-0.15, -0.1) is 0 Å². The first-order valence-corrected chi connectivity index (χ1v) is 8.84. The number of carbonyl (C=O) groups excluding carboxylic acids is 1. The van der Waals surface area contributed by atoms with Gasteiger partial charge in [-0.25, -0.2) is 0 Å². The molecule has 0 bridgehead atoms. The number of oxime groups is 1. The average Bonchev–Trinajstić information content (AvgIpc) is 3.10. The van der Waals surface area contributed by atoms with Crippen LogP contribution in [-0.2, 0) is 16.2 Å². The van der Waals surface area contributed by atoms with Crippen molar-refractivity contribution in [3.05, 3.63) is 70.7 Å². The molecule has 130 valence electrons. The molecule has 0 spiro atoms. The van der Waals surface area contributed by atoms with Gasteiger partial charge in [0.1, 0.15) is 0 Å². The Hall–Kier alpha value is -2.33. The van der Waals surface area contributed by atoms with Gasteiger partial charge in [-0.1, -0.05) is 72.2 Å². The molecule has 1 atom stereocenters. The Morgan fingerprint density at radius 2 is 1.92 bits per heavy atom. The third kappa shape index (κ3) is 4.40. The summed E-state index contributed by atoms with van der Waals surface area (Å²) < 4.78 is 0. The van der Waals surface area contributed by atoms with Crippen LogP contribution in [0.1, 0.15) is 30.9 Å². The molecule has 0 unspecified atom stereocenters. The van der Waals surface area contributed by atoms with Gasteiger partial charge in [0.2, 0.25) is 5.91 Å². The zero-order valence-electron chi connectivity index (χ0n) is 14.2. The summed E-state index contributed by atoms with van der Waals surface area (Å²) in [7, 11) is 0. The molecular formula is C20H21ClN2O2. The van der Waals surface area contributed by atoms with E-state index in [0.717, 1.165) is 16.8 Å². The first-order valence-electron chi connectivity index (χ1n) is 8.46. The van der Waals surface area contributed by atoms with E-state index >= 15 is 0 Å². The molecule has 5 heteroatoms.